The molecule has 0 unspecified atom stereocenters. The molecule has 0 atom stereocenters. The van der Waals surface area contributed by atoms with E-state index in [-0.39, 0.29) is 5.41 Å². The van der Waals surface area contributed by atoms with Crippen molar-refractivity contribution in [2.75, 3.05) is 19.5 Å². The van der Waals surface area contributed by atoms with Gasteiger partial charge < -0.3 is 0 Å². The molecule has 2 aromatic heterocycles. The van der Waals surface area contributed by atoms with Crippen LogP contribution in [-0.2, 0) is 5.41 Å². The molecule has 0 aliphatic carbocycles. The van der Waals surface area contributed by atoms with Gasteiger partial charge in [-0.05, 0) is 0 Å². The van der Waals surface area contributed by atoms with Gasteiger partial charge in [0.05, 0.1) is 0 Å². The molecular formula is C14H21PS4. The van der Waals surface area contributed by atoms with Gasteiger partial charge in [0.1, 0.15) is 0 Å². The molecule has 0 N–H and O–H groups in total. The number of rotatable bonds is 2. The van der Waals surface area contributed by atoms with Crippen LogP contribution < -0.4 is 5.30 Å². The van der Waals surface area contributed by atoms with Gasteiger partial charge in [-0.3, -0.25) is 0 Å². The Morgan fingerprint density at radius 3 is 1.53 bits per heavy atom. The van der Waals surface area contributed by atoms with Crippen molar-refractivity contribution < 1.29 is 0 Å². The van der Waals surface area contributed by atoms with Crippen molar-refractivity contribution in [3.63, 3.8) is 0 Å². The van der Waals surface area contributed by atoms with E-state index in [0.717, 1.165) is 0 Å². The Bertz CT molecular complexity index is 683. The number of hydrogen-bond acceptors (Lipinski definition) is 4. The van der Waals surface area contributed by atoms with Gasteiger partial charge in [0.2, 0.25) is 0 Å². The summed E-state index contributed by atoms with van der Waals surface area (Å²) in [4.78, 5) is 0. The normalized spacial score (nSPS) is 14.8. The first-order chi connectivity index (χ1) is 8.77. The fourth-order valence-corrected chi connectivity index (χ4v) is 11.9. The second kappa shape index (κ2) is 4.51. The molecule has 1 aromatic carbocycles. The second-order valence-electron chi connectivity index (χ2n) is 6.89. The molecular weight excluding hydrogens is 327 g/mol. The van der Waals surface area contributed by atoms with Gasteiger partial charge in [-0.15, -0.1) is 0 Å². The Morgan fingerprint density at radius 2 is 1.26 bits per heavy atom. The third-order valence-electron chi connectivity index (χ3n) is 4.05. The van der Waals surface area contributed by atoms with Crippen molar-refractivity contribution in [3.05, 3.63) is 5.56 Å². The predicted octanol–water partition coefficient (Wildman–Crippen LogP) is 6.19. The summed E-state index contributed by atoms with van der Waals surface area (Å²) in [5, 5.41) is 1.76. The topological polar surface area (TPSA) is 0 Å². The van der Waals surface area contributed by atoms with E-state index < -0.39 is 7.26 Å². The zero-order chi connectivity index (χ0) is 14.0. The first kappa shape index (κ1) is 14.5. The predicted molar refractivity (Wildman–Crippen MR) is 102 cm³/mol. The first-order valence-corrected chi connectivity index (χ1v) is 14.2. The molecule has 5 heteroatoms. The quantitative estimate of drug-likeness (QED) is 0.382. The van der Waals surface area contributed by atoms with Crippen LogP contribution in [0.15, 0.2) is 0 Å². The maximum atomic E-state index is 2.53. The first-order valence-electron chi connectivity index (χ1n) is 6.71. The summed E-state index contributed by atoms with van der Waals surface area (Å²) in [6.07, 6.45) is 1.34. The molecule has 0 saturated heterocycles. The molecule has 3 rings (SSSR count). The molecule has 0 spiro atoms. The SMILES string of the molecule is CC[PH](C)(C)c1c2ssc2c(C(C)(C)C)c2ssc12. The van der Waals surface area contributed by atoms with Gasteiger partial charge in [0, 0.05) is 0 Å². The van der Waals surface area contributed by atoms with Crippen molar-refractivity contribution in [2.24, 2.45) is 0 Å². The molecule has 0 radical (unpaired) electrons. The average Bonchev–Trinajstić information content (AvgIpc) is 2.21. The van der Waals surface area contributed by atoms with Crippen LogP contribution in [0.3, 0.4) is 0 Å². The standard InChI is InChI=1S/C14H21PS4/c1-7-15(5,6)9-12-10(16-18-12)8(14(2,3)4)11-13(9)19-17-11/h15H,7H2,1-6H3. The number of fused-ring (bicyclic) bond motifs is 2. The van der Waals surface area contributed by atoms with Crippen LogP contribution in [0, 0.1) is 0 Å². The summed E-state index contributed by atoms with van der Waals surface area (Å²) in [7, 11) is 6.77. The van der Waals surface area contributed by atoms with E-state index in [1.54, 1.807) is 29.7 Å². The van der Waals surface area contributed by atoms with Crippen LogP contribution in [0.25, 0.3) is 18.8 Å². The Kier molecular flexibility index (Phi) is 3.43. The van der Waals surface area contributed by atoms with Crippen LogP contribution in [0.4, 0.5) is 0 Å². The summed E-state index contributed by atoms with van der Waals surface area (Å²) >= 11 is 0. The van der Waals surface area contributed by atoms with E-state index in [9.17, 15) is 0 Å². The molecule has 0 fully saturated rings. The second-order valence-corrected chi connectivity index (χ2v) is 16.2. The van der Waals surface area contributed by atoms with Crippen molar-refractivity contribution >= 4 is 72.7 Å². The van der Waals surface area contributed by atoms with Crippen LogP contribution >= 0.6 is 48.6 Å². The molecule has 0 amide bonds. The van der Waals surface area contributed by atoms with Crippen LogP contribution in [0.2, 0.25) is 0 Å². The summed E-state index contributed by atoms with van der Waals surface area (Å²) < 4.78 is 6.49. The van der Waals surface area contributed by atoms with Gasteiger partial charge in [-0.1, -0.05) is 0 Å². The zero-order valence-corrected chi connectivity index (χ0v) is 16.6. The number of benzene rings is 1. The molecule has 2 heterocycles. The minimum absolute atomic E-state index is 0.270. The Hall–Kier alpha value is 0.530. The molecule has 0 saturated carbocycles. The molecule has 0 aliphatic rings. The Balaban J connectivity index is 2.39. The van der Waals surface area contributed by atoms with Crippen molar-refractivity contribution in [1.29, 1.82) is 0 Å². The van der Waals surface area contributed by atoms with E-state index in [1.807, 2.05) is 41.4 Å². The zero-order valence-electron chi connectivity index (χ0n) is 12.3. The maximum absolute atomic E-state index is 2.53. The molecule has 0 nitrogen and oxygen atoms in total. The van der Waals surface area contributed by atoms with Crippen LogP contribution in [0.1, 0.15) is 33.3 Å². The fourth-order valence-electron chi connectivity index (χ4n) is 2.55. The van der Waals surface area contributed by atoms with Gasteiger partial charge in [0.25, 0.3) is 0 Å². The molecule has 0 aliphatic heterocycles. The van der Waals surface area contributed by atoms with Crippen LogP contribution in [0.5, 0.6) is 0 Å². The van der Waals surface area contributed by atoms with E-state index in [2.05, 4.69) is 41.0 Å². The Labute approximate surface area is 130 Å². The summed E-state index contributed by atoms with van der Waals surface area (Å²) in [6, 6.07) is 0. The average molecular weight is 349 g/mol. The van der Waals surface area contributed by atoms with Crippen molar-refractivity contribution in [2.45, 2.75) is 33.1 Å². The molecule has 19 heavy (non-hydrogen) atoms. The molecule has 3 aromatic rings. The minimum atomic E-state index is -1.25. The molecule has 0 bridgehead atoms. The van der Waals surface area contributed by atoms with Crippen molar-refractivity contribution in [1.82, 2.24) is 0 Å². The van der Waals surface area contributed by atoms with E-state index in [4.69, 9.17) is 0 Å². The van der Waals surface area contributed by atoms with Gasteiger partial charge in [-0.25, -0.2) is 0 Å². The summed E-state index contributed by atoms with van der Waals surface area (Å²) in [5.74, 6) is 0. The third kappa shape index (κ3) is 2.06. The van der Waals surface area contributed by atoms with E-state index >= 15 is 0 Å². The van der Waals surface area contributed by atoms with Crippen LogP contribution in [-0.4, -0.2) is 19.5 Å². The van der Waals surface area contributed by atoms with Crippen molar-refractivity contribution in [3.8, 4) is 0 Å². The summed E-state index contributed by atoms with van der Waals surface area (Å²) in [5.41, 5.74) is 1.89. The van der Waals surface area contributed by atoms with Gasteiger partial charge in [0.15, 0.2) is 0 Å². The van der Waals surface area contributed by atoms with Gasteiger partial charge >= 0.3 is 131 Å². The van der Waals surface area contributed by atoms with Gasteiger partial charge in [-0.2, -0.15) is 0 Å². The molecule has 106 valence electrons. The summed E-state index contributed by atoms with van der Waals surface area (Å²) in [6.45, 7) is 14.5. The third-order valence-corrected chi connectivity index (χ3v) is 13.3. The van der Waals surface area contributed by atoms with E-state index in [0.29, 0.717) is 0 Å². The number of hydrogen-bond donors (Lipinski definition) is 0. The Morgan fingerprint density at radius 1 is 0.842 bits per heavy atom. The van der Waals surface area contributed by atoms with E-state index in [1.165, 1.54) is 6.16 Å². The fraction of sp³-hybridized carbons (Fsp3) is 0.571. The monoisotopic (exact) mass is 348 g/mol.